The van der Waals surface area contributed by atoms with Gasteiger partial charge in [-0.1, -0.05) is 46.3 Å². The Kier molecular flexibility index (Phi) is 15.5. The minimum atomic E-state index is -1.11. The van der Waals surface area contributed by atoms with Crippen LogP contribution >= 0.6 is 0 Å². The van der Waals surface area contributed by atoms with Crippen LogP contribution in [0, 0.1) is 5.92 Å². The van der Waals surface area contributed by atoms with Gasteiger partial charge in [-0.05, 0) is 18.4 Å². The summed E-state index contributed by atoms with van der Waals surface area (Å²) in [5.41, 5.74) is 0.0552. The third kappa shape index (κ3) is 17.7. The summed E-state index contributed by atoms with van der Waals surface area (Å²) >= 11 is 0. The van der Waals surface area contributed by atoms with Crippen LogP contribution in [0.15, 0.2) is 37.0 Å². The number of hydrogen-bond acceptors (Lipinski definition) is 5. The van der Waals surface area contributed by atoms with Crippen molar-refractivity contribution in [2.45, 2.75) is 39.5 Å². The molecule has 0 aliphatic rings. The first kappa shape index (κ1) is 23.9. The summed E-state index contributed by atoms with van der Waals surface area (Å²) in [6, 6.07) is 0. The molecule has 0 aliphatic heterocycles. The second-order valence-electron chi connectivity index (χ2n) is 5.30. The number of ether oxygens (including phenoxy) is 2. The van der Waals surface area contributed by atoms with E-state index in [0.29, 0.717) is 12.5 Å². The highest BCUT2D eigenvalue weighted by atomic mass is 16.5. The predicted octanol–water partition coefficient (Wildman–Crippen LogP) is 3.29. The van der Waals surface area contributed by atoms with E-state index in [1.165, 1.54) is 13.5 Å². The average molecular weight is 340 g/mol. The highest BCUT2D eigenvalue weighted by Gasteiger charge is 2.05. The fraction of sp³-hybridized carbons (Fsp3) is 0.500. The Morgan fingerprint density at radius 2 is 1.75 bits per heavy atom. The summed E-state index contributed by atoms with van der Waals surface area (Å²) in [6.07, 6.45) is 7.30. The quantitative estimate of drug-likeness (QED) is 0.284. The molecule has 0 fully saturated rings. The van der Waals surface area contributed by atoms with Crippen LogP contribution in [0.1, 0.15) is 39.5 Å². The van der Waals surface area contributed by atoms with E-state index >= 15 is 0 Å². The number of methoxy groups -OCH3 is 1. The predicted molar refractivity (Wildman–Crippen MR) is 92.4 cm³/mol. The number of aliphatic carboxylic acids is 1. The lowest BCUT2D eigenvalue weighted by Crippen LogP contribution is -2.07. The van der Waals surface area contributed by atoms with Crippen molar-refractivity contribution in [1.29, 1.82) is 0 Å². The Labute approximate surface area is 143 Å². The zero-order valence-electron chi connectivity index (χ0n) is 14.7. The zero-order chi connectivity index (χ0) is 19.0. The van der Waals surface area contributed by atoms with Crippen LogP contribution in [-0.4, -0.2) is 36.7 Å². The monoisotopic (exact) mass is 340 g/mol. The molecular formula is C18H28O6. The van der Waals surface area contributed by atoms with Gasteiger partial charge in [0.05, 0.1) is 19.3 Å². The fourth-order valence-electron chi connectivity index (χ4n) is 1.41. The number of carboxylic acids is 1. The molecule has 136 valence electrons. The molecule has 0 aromatic heterocycles. The lowest BCUT2D eigenvalue weighted by molar-refractivity contribution is -0.138. The van der Waals surface area contributed by atoms with Crippen LogP contribution in [-0.2, 0) is 23.9 Å². The molecule has 0 rings (SSSR count). The molecule has 0 aliphatic carbocycles. The highest BCUT2D eigenvalue weighted by molar-refractivity contribution is 5.93. The summed E-state index contributed by atoms with van der Waals surface area (Å²) < 4.78 is 9.10. The summed E-state index contributed by atoms with van der Waals surface area (Å²) in [7, 11) is 1.31. The minimum Gasteiger partial charge on any atom is -0.478 e. The van der Waals surface area contributed by atoms with Crippen molar-refractivity contribution in [2.75, 3.05) is 13.7 Å². The summed E-state index contributed by atoms with van der Waals surface area (Å²) in [6.45, 7) is 11.3. The first-order valence-electron chi connectivity index (χ1n) is 7.72. The molecule has 24 heavy (non-hydrogen) atoms. The molecule has 0 heterocycles. The second kappa shape index (κ2) is 15.5. The Morgan fingerprint density at radius 3 is 2.17 bits per heavy atom. The Bertz CT molecular complexity index is 448. The van der Waals surface area contributed by atoms with Gasteiger partial charge in [0.2, 0.25) is 0 Å². The number of carbonyl (C=O) groups is 3. The van der Waals surface area contributed by atoms with Gasteiger partial charge in [-0.25, -0.2) is 14.4 Å². The molecule has 1 N–H and O–H groups in total. The van der Waals surface area contributed by atoms with E-state index in [2.05, 4.69) is 31.7 Å². The first-order chi connectivity index (χ1) is 11.2. The zero-order valence-corrected chi connectivity index (χ0v) is 14.7. The first-order valence-corrected chi connectivity index (χ1v) is 7.72. The molecule has 6 heteroatoms. The van der Waals surface area contributed by atoms with E-state index in [-0.39, 0.29) is 5.57 Å². The molecule has 6 nitrogen and oxygen atoms in total. The number of hydrogen-bond donors (Lipinski definition) is 1. The van der Waals surface area contributed by atoms with E-state index < -0.39 is 17.9 Å². The minimum absolute atomic E-state index is 0.0552. The van der Waals surface area contributed by atoms with Gasteiger partial charge in [0.15, 0.2) is 0 Å². The van der Waals surface area contributed by atoms with Crippen molar-refractivity contribution < 1.29 is 29.0 Å². The lowest BCUT2D eigenvalue weighted by atomic mass is 10.1. The number of rotatable bonds is 10. The summed E-state index contributed by atoms with van der Waals surface area (Å²) in [5, 5.41) is 8.38. The molecule has 0 amide bonds. The van der Waals surface area contributed by atoms with Gasteiger partial charge >= 0.3 is 17.9 Å². The highest BCUT2D eigenvalue weighted by Crippen LogP contribution is 2.08. The maximum absolute atomic E-state index is 11.3. The third-order valence-electron chi connectivity index (χ3n) is 2.72. The van der Waals surface area contributed by atoms with Crippen LogP contribution in [0.3, 0.4) is 0 Å². The van der Waals surface area contributed by atoms with Crippen molar-refractivity contribution >= 4 is 17.9 Å². The smallest absolute Gasteiger partial charge is 0.337 e. The maximum Gasteiger partial charge on any atom is 0.337 e. The van der Waals surface area contributed by atoms with Crippen molar-refractivity contribution in [3.05, 3.63) is 37.0 Å². The molecule has 0 spiro atoms. The number of unbranched alkanes of at least 4 members (excludes halogenated alkanes) is 2. The van der Waals surface area contributed by atoms with Crippen LogP contribution in [0.4, 0.5) is 0 Å². The van der Waals surface area contributed by atoms with Crippen molar-refractivity contribution in [1.82, 2.24) is 0 Å². The van der Waals surface area contributed by atoms with E-state index in [4.69, 9.17) is 9.84 Å². The average Bonchev–Trinajstić information content (AvgIpc) is 2.54. The number of carboxylic acid groups (broad SMARTS) is 1. The SMILES string of the molecule is C=C(C=CC(=O)O)C(=O)OCCCCCC(C)C.C=CC(=O)OC. The van der Waals surface area contributed by atoms with Crippen LogP contribution < -0.4 is 0 Å². The lowest BCUT2D eigenvalue weighted by Gasteiger charge is -2.05. The van der Waals surface area contributed by atoms with Crippen molar-refractivity contribution in [3.63, 3.8) is 0 Å². The Hall–Kier alpha value is -2.37. The molecule has 0 unspecified atom stereocenters. The fourth-order valence-corrected chi connectivity index (χ4v) is 1.41. The molecule has 0 bridgehead atoms. The van der Waals surface area contributed by atoms with E-state index in [1.807, 2.05) is 0 Å². The van der Waals surface area contributed by atoms with Gasteiger partial charge in [-0.2, -0.15) is 0 Å². The Balaban J connectivity index is 0. The number of esters is 2. The van der Waals surface area contributed by atoms with Crippen molar-refractivity contribution in [3.8, 4) is 0 Å². The normalized spacial score (nSPS) is 9.83. The summed E-state index contributed by atoms with van der Waals surface area (Å²) in [5.74, 6) is -1.36. The maximum atomic E-state index is 11.3. The number of carbonyl (C=O) groups excluding carboxylic acids is 2. The Morgan fingerprint density at radius 1 is 1.12 bits per heavy atom. The van der Waals surface area contributed by atoms with Gasteiger partial charge in [-0.3, -0.25) is 0 Å². The van der Waals surface area contributed by atoms with Crippen LogP contribution in [0.5, 0.6) is 0 Å². The molecular weight excluding hydrogens is 312 g/mol. The topological polar surface area (TPSA) is 89.9 Å². The second-order valence-corrected chi connectivity index (χ2v) is 5.30. The van der Waals surface area contributed by atoms with Crippen LogP contribution in [0.2, 0.25) is 0 Å². The molecule has 0 aromatic carbocycles. The van der Waals surface area contributed by atoms with Gasteiger partial charge in [0, 0.05) is 12.2 Å². The standard InChI is InChI=1S/C14H22O4.C4H6O2/c1-11(2)7-5-4-6-10-18-14(17)12(3)8-9-13(15)16;1-3-4(5)6-2/h8-9,11H,3-7,10H2,1-2H3,(H,15,16);3H,1H2,2H3. The molecule has 0 radical (unpaired) electrons. The van der Waals surface area contributed by atoms with E-state index in [0.717, 1.165) is 37.5 Å². The van der Waals surface area contributed by atoms with Crippen molar-refractivity contribution in [2.24, 2.45) is 5.92 Å². The van der Waals surface area contributed by atoms with Gasteiger partial charge in [-0.15, -0.1) is 0 Å². The summed E-state index contributed by atoms with van der Waals surface area (Å²) in [4.78, 5) is 31.4. The molecule has 0 atom stereocenters. The molecule has 0 saturated carbocycles. The van der Waals surface area contributed by atoms with Crippen LogP contribution in [0.25, 0.3) is 0 Å². The van der Waals surface area contributed by atoms with Gasteiger partial charge < -0.3 is 14.6 Å². The van der Waals surface area contributed by atoms with Gasteiger partial charge in [0.1, 0.15) is 0 Å². The largest absolute Gasteiger partial charge is 0.478 e. The molecule has 0 saturated heterocycles. The van der Waals surface area contributed by atoms with E-state index in [1.54, 1.807) is 0 Å². The molecule has 0 aromatic rings. The van der Waals surface area contributed by atoms with E-state index in [9.17, 15) is 14.4 Å². The van der Waals surface area contributed by atoms with Gasteiger partial charge in [0.25, 0.3) is 0 Å². The third-order valence-corrected chi connectivity index (χ3v) is 2.72.